The van der Waals surface area contributed by atoms with Crippen molar-refractivity contribution in [2.45, 2.75) is 57.4 Å². The number of anilines is 1. The van der Waals surface area contributed by atoms with Gasteiger partial charge >= 0.3 is 0 Å². The highest BCUT2D eigenvalue weighted by molar-refractivity contribution is 5.34. The average molecular weight is 297 g/mol. The van der Waals surface area contributed by atoms with Gasteiger partial charge in [-0.25, -0.2) is 13.8 Å². The lowest BCUT2D eigenvalue weighted by molar-refractivity contribution is -0.0526. The summed E-state index contributed by atoms with van der Waals surface area (Å²) >= 11 is 0. The van der Waals surface area contributed by atoms with Crippen molar-refractivity contribution >= 4 is 5.82 Å². The summed E-state index contributed by atoms with van der Waals surface area (Å²) in [5.41, 5.74) is 1.10. The molecule has 2 N–H and O–H groups in total. The Kier molecular flexibility index (Phi) is 5.91. The molecule has 1 atom stereocenters. The van der Waals surface area contributed by atoms with Crippen LogP contribution >= 0.6 is 0 Å². The summed E-state index contributed by atoms with van der Waals surface area (Å²) in [6.07, 6.45) is 5.89. The van der Waals surface area contributed by atoms with Crippen LogP contribution in [0.3, 0.4) is 0 Å². The van der Waals surface area contributed by atoms with Gasteiger partial charge < -0.3 is 10.6 Å². The van der Waals surface area contributed by atoms with Crippen LogP contribution in [0.25, 0.3) is 0 Å². The Morgan fingerprint density at radius 2 is 2.00 bits per heavy atom. The van der Waals surface area contributed by atoms with Gasteiger partial charge in [0.2, 0.25) is 0 Å². The van der Waals surface area contributed by atoms with E-state index >= 15 is 0 Å². The highest BCUT2D eigenvalue weighted by Crippen LogP contribution is 2.31. The van der Waals surface area contributed by atoms with Crippen molar-refractivity contribution in [3.8, 4) is 0 Å². The van der Waals surface area contributed by atoms with Crippen LogP contribution in [0.1, 0.15) is 44.1 Å². The minimum absolute atomic E-state index is 0.0115. The highest BCUT2D eigenvalue weighted by Gasteiger charge is 2.38. The molecule has 0 bridgehead atoms. The molecule has 2 rings (SSSR count). The Morgan fingerprint density at radius 3 is 2.76 bits per heavy atom. The van der Waals surface area contributed by atoms with Crippen LogP contribution in [0.2, 0.25) is 0 Å². The third kappa shape index (κ3) is 5.23. The van der Waals surface area contributed by atoms with Gasteiger partial charge in [0.05, 0.1) is 6.04 Å². The van der Waals surface area contributed by atoms with Crippen LogP contribution in [0.15, 0.2) is 18.3 Å². The summed E-state index contributed by atoms with van der Waals surface area (Å²) in [4.78, 5) is 4.23. The molecule has 0 saturated heterocycles. The molecule has 1 unspecified atom stereocenters. The van der Waals surface area contributed by atoms with E-state index in [1.807, 2.05) is 19.1 Å². The zero-order valence-corrected chi connectivity index (χ0v) is 12.7. The molecule has 0 amide bonds. The van der Waals surface area contributed by atoms with Crippen LogP contribution in [-0.4, -0.2) is 30.0 Å². The monoisotopic (exact) mass is 297 g/mol. The van der Waals surface area contributed by atoms with Crippen LogP contribution in [0, 0.1) is 6.92 Å². The van der Waals surface area contributed by atoms with Gasteiger partial charge in [-0.1, -0.05) is 25.3 Å². The number of nitrogens with zero attached hydrogens (tertiary/aromatic N) is 1. The molecule has 0 radical (unpaired) electrons. The van der Waals surface area contributed by atoms with Gasteiger partial charge in [0.1, 0.15) is 5.82 Å². The third-order valence-electron chi connectivity index (χ3n) is 4.00. The van der Waals surface area contributed by atoms with E-state index in [1.54, 1.807) is 6.20 Å². The zero-order chi connectivity index (χ0) is 15.1. The number of aromatic nitrogens is 1. The number of hydrogen-bond donors (Lipinski definition) is 2. The van der Waals surface area contributed by atoms with Crippen LogP contribution in [-0.2, 0) is 0 Å². The Labute approximate surface area is 125 Å². The molecule has 0 spiro atoms. The normalized spacial score (nSPS) is 22.3. The number of alkyl halides is 2. The van der Waals surface area contributed by atoms with Gasteiger partial charge in [-0.15, -0.1) is 0 Å². The van der Waals surface area contributed by atoms with E-state index in [1.165, 1.54) is 0 Å². The Morgan fingerprint density at radius 1 is 1.19 bits per heavy atom. The fraction of sp³-hybridized carbons (Fsp3) is 0.688. The van der Waals surface area contributed by atoms with Crippen LogP contribution in [0.5, 0.6) is 0 Å². The third-order valence-corrected chi connectivity index (χ3v) is 4.00. The van der Waals surface area contributed by atoms with Gasteiger partial charge in [-0.05, 0) is 31.4 Å². The Balaban J connectivity index is 1.74. The summed E-state index contributed by atoms with van der Waals surface area (Å²) in [5.74, 6) is -1.80. The average Bonchev–Trinajstić information content (AvgIpc) is 2.44. The van der Waals surface area contributed by atoms with Gasteiger partial charge in [0.25, 0.3) is 5.92 Å². The lowest BCUT2D eigenvalue weighted by atomic mass is 9.93. The molecule has 118 valence electrons. The van der Waals surface area contributed by atoms with Gasteiger partial charge in [-0.2, -0.15) is 0 Å². The summed E-state index contributed by atoms with van der Waals surface area (Å²) in [7, 11) is 0. The molecule has 1 aromatic heterocycles. The van der Waals surface area contributed by atoms with Crippen LogP contribution in [0.4, 0.5) is 14.6 Å². The largest absolute Gasteiger partial charge is 0.369 e. The highest BCUT2D eigenvalue weighted by atomic mass is 19.3. The van der Waals surface area contributed by atoms with E-state index in [0.717, 1.165) is 30.6 Å². The molecule has 21 heavy (non-hydrogen) atoms. The maximum Gasteiger partial charge on any atom is 0.263 e. The van der Waals surface area contributed by atoms with Crippen molar-refractivity contribution < 1.29 is 8.78 Å². The first-order valence-electron chi connectivity index (χ1n) is 7.86. The molecule has 1 saturated carbocycles. The molecule has 1 fully saturated rings. The summed E-state index contributed by atoms with van der Waals surface area (Å²) in [6.45, 7) is 3.10. The molecule has 1 heterocycles. The molecular formula is C16H25F2N3. The first kappa shape index (κ1) is 16.1. The van der Waals surface area contributed by atoms with E-state index < -0.39 is 12.0 Å². The summed E-state index contributed by atoms with van der Waals surface area (Å²) < 4.78 is 28.0. The zero-order valence-electron chi connectivity index (χ0n) is 12.7. The number of hydrogen-bond acceptors (Lipinski definition) is 3. The molecular weight excluding hydrogens is 272 g/mol. The van der Waals surface area contributed by atoms with E-state index in [-0.39, 0.29) is 6.42 Å². The van der Waals surface area contributed by atoms with E-state index in [2.05, 4.69) is 15.6 Å². The topological polar surface area (TPSA) is 37.0 Å². The van der Waals surface area contributed by atoms with Gasteiger partial charge in [-0.3, -0.25) is 0 Å². The quantitative estimate of drug-likeness (QED) is 0.813. The molecule has 1 aliphatic carbocycles. The SMILES string of the molecule is Cc1ccc(NCCNC2CCCCCCC2(F)F)nc1. The Hall–Kier alpha value is -1.23. The lowest BCUT2D eigenvalue weighted by Gasteiger charge is -2.30. The summed E-state index contributed by atoms with van der Waals surface area (Å²) in [5, 5.41) is 6.17. The minimum Gasteiger partial charge on any atom is -0.369 e. The molecule has 5 heteroatoms. The second-order valence-corrected chi connectivity index (χ2v) is 5.87. The van der Waals surface area contributed by atoms with Crippen molar-refractivity contribution in [3.05, 3.63) is 23.9 Å². The predicted octanol–water partition coefficient (Wildman–Crippen LogP) is 3.75. The molecule has 1 aliphatic rings. The van der Waals surface area contributed by atoms with Crippen molar-refractivity contribution in [1.82, 2.24) is 10.3 Å². The van der Waals surface area contributed by atoms with Crippen molar-refractivity contribution in [1.29, 1.82) is 0 Å². The van der Waals surface area contributed by atoms with E-state index in [9.17, 15) is 8.78 Å². The second kappa shape index (κ2) is 7.69. The number of aryl methyl sites for hydroxylation is 1. The lowest BCUT2D eigenvalue weighted by Crippen LogP contribution is -2.47. The van der Waals surface area contributed by atoms with Crippen molar-refractivity contribution in [2.24, 2.45) is 0 Å². The minimum atomic E-state index is -2.58. The summed E-state index contributed by atoms with van der Waals surface area (Å²) in [6, 6.07) is 3.19. The predicted molar refractivity (Wildman–Crippen MR) is 81.9 cm³/mol. The number of pyridine rings is 1. The second-order valence-electron chi connectivity index (χ2n) is 5.87. The van der Waals surface area contributed by atoms with E-state index in [4.69, 9.17) is 0 Å². The Bertz CT molecular complexity index is 420. The standard InChI is InChI=1S/C16H25F2N3/c1-13-7-8-15(21-12-13)20-11-10-19-14-6-4-2-3-5-9-16(14,17)18/h7-8,12,14,19H,2-6,9-11H2,1H3,(H,20,21). The number of nitrogens with one attached hydrogen (secondary N) is 2. The van der Waals surface area contributed by atoms with Crippen molar-refractivity contribution in [3.63, 3.8) is 0 Å². The number of rotatable bonds is 5. The smallest absolute Gasteiger partial charge is 0.263 e. The molecule has 0 aliphatic heterocycles. The van der Waals surface area contributed by atoms with Crippen molar-refractivity contribution in [2.75, 3.05) is 18.4 Å². The maximum atomic E-state index is 14.0. The first-order chi connectivity index (χ1) is 10.1. The molecule has 1 aromatic rings. The van der Waals surface area contributed by atoms with Crippen LogP contribution < -0.4 is 10.6 Å². The molecule has 3 nitrogen and oxygen atoms in total. The van der Waals surface area contributed by atoms with Gasteiger partial charge in [0, 0.05) is 25.7 Å². The number of halogens is 2. The van der Waals surface area contributed by atoms with Gasteiger partial charge in [0.15, 0.2) is 0 Å². The first-order valence-corrected chi connectivity index (χ1v) is 7.86. The fourth-order valence-corrected chi connectivity index (χ4v) is 2.71. The fourth-order valence-electron chi connectivity index (χ4n) is 2.71. The van der Waals surface area contributed by atoms with E-state index in [0.29, 0.717) is 25.9 Å². The molecule has 0 aromatic carbocycles. The maximum absolute atomic E-state index is 14.0.